The van der Waals surface area contributed by atoms with Crippen molar-refractivity contribution in [3.63, 3.8) is 0 Å². The van der Waals surface area contributed by atoms with Crippen LogP contribution in [0.5, 0.6) is 0 Å². The van der Waals surface area contributed by atoms with Crippen LogP contribution in [-0.4, -0.2) is 69.2 Å². The van der Waals surface area contributed by atoms with Crippen LogP contribution in [-0.2, 0) is 17.9 Å². The van der Waals surface area contributed by atoms with Crippen molar-refractivity contribution in [2.45, 2.75) is 31.3 Å². The molecule has 2 aromatic rings. The predicted molar refractivity (Wildman–Crippen MR) is 129 cm³/mol. The molecular weight excluding hydrogens is 449 g/mol. The standard InChI is InChI=1S/C25H28FN7O2/c1-31(2)14-16-4-6-17(7-5-16)20-10-18-12-29-33(26)21-11-19(35)13-27-24(22(18)21)23(20)25-28-15-30-32(25)8-3-9-34/h4-7,10-12,15,20,23,27,34H,3,8-9,13-14H2,1-2H3. The SMILES string of the molecule is CN(C)Cc1ccc(C2C=C3C=NN(F)C4=CC(=O)CNC(=C34)C2c2ncnn2CCCO)cc1. The molecule has 2 N–H and O–H groups in total. The molecule has 0 saturated heterocycles. The van der Waals surface area contributed by atoms with Crippen LogP contribution in [0.2, 0.25) is 0 Å². The normalized spacial score (nSPS) is 21.5. The van der Waals surface area contributed by atoms with Gasteiger partial charge in [0.2, 0.25) is 0 Å². The van der Waals surface area contributed by atoms with Crippen molar-refractivity contribution in [2.24, 2.45) is 5.10 Å². The number of nitrogens with zero attached hydrogens (tertiary/aromatic N) is 6. The van der Waals surface area contributed by atoms with E-state index in [2.05, 4.69) is 55.7 Å². The van der Waals surface area contributed by atoms with E-state index in [-0.39, 0.29) is 41.7 Å². The maximum absolute atomic E-state index is 14.7. The summed E-state index contributed by atoms with van der Waals surface area (Å²) in [6.45, 7) is 1.40. The summed E-state index contributed by atoms with van der Waals surface area (Å²) in [6.07, 6.45) is 6.88. The molecule has 1 aromatic carbocycles. The third-order valence-electron chi connectivity index (χ3n) is 6.41. The molecule has 0 spiro atoms. The predicted octanol–water partition coefficient (Wildman–Crippen LogP) is 2.03. The average molecular weight is 478 g/mol. The van der Waals surface area contributed by atoms with E-state index in [4.69, 9.17) is 0 Å². The van der Waals surface area contributed by atoms with Crippen LogP contribution in [0.25, 0.3) is 0 Å². The second-order valence-corrected chi connectivity index (χ2v) is 9.17. The molecule has 0 fully saturated rings. The minimum atomic E-state index is -0.344. The fourth-order valence-corrected chi connectivity index (χ4v) is 4.93. The number of aliphatic hydroxyl groups is 1. The number of allylic oxidation sites excluding steroid dienone is 3. The van der Waals surface area contributed by atoms with E-state index >= 15 is 0 Å². The lowest BCUT2D eigenvalue weighted by molar-refractivity contribution is -0.113. The number of aliphatic hydroxyl groups excluding tert-OH is 1. The number of hydrogen-bond acceptors (Lipinski definition) is 8. The van der Waals surface area contributed by atoms with Crippen LogP contribution in [0.1, 0.15) is 35.2 Å². The average Bonchev–Trinajstić information content (AvgIpc) is 3.22. The third-order valence-corrected chi connectivity index (χ3v) is 6.41. The van der Waals surface area contributed by atoms with Crippen molar-refractivity contribution < 1.29 is 14.4 Å². The smallest absolute Gasteiger partial charge is 0.176 e. The molecule has 182 valence electrons. The molecule has 0 bridgehead atoms. The van der Waals surface area contributed by atoms with E-state index in [9.17, 15) is 14.4 Å². The number of carbonyl (C=O) groups is 1. The minimum Gasteiger partial charge on any atom is -0.396 e. The van der Waals surface area contributed by atoms with Gasteiger partial charge in [0.15, 0.2) is 5.78 Å². The highest BCUT2D eigenvalue weighted by Gasteiger charge is 2.41. The van der Waals surface area contributed by atoms with Crippen LogP contribution in [0.4, 0.5) is 4.48 Å². The third kappa shape index (κ3) is 4.42. The highest BCUT2D eigenvalue weighted by Crippen LogP contribution is 2.47. The van der Waals surface area contributed by atoms with Crippen molar-refractivity contribution >= 4 is 12.0 Å². The summed E-state index contributed by atoms with van der Waals surface area (Å²) < 4.78 is 16.5. The molecule has 2 unspecified atom stereocenters. The van der Waals surface area contributed by atoms with Crippen LogP contribution < -0.4 is 5.32 Å². The van der Waals surface area contributed by atoms with E-state index in [1.807, 2.05) is 14.1 Å². The van der Waals surface area contributed by atoms with Gasteiger partial charge in [-0.2, -0.15) is 5.10 Å². The minimum absolute atomic E-state index is 0.0334. The highest BCUT2D eigenvalue weighted by molar-refractivity contribution is 5.97. The summed E-state index contributed by atoms with van der Waals surface area (Å²) >= 11 is 0. The lowest BCUT2D eigenvalue weighted by atomic mass is 9.74. The topological polar surface area (TPSA) is 98.9 Å². The molecular formula is C25H28FN7O2. The number of carbonyl (C=O) groups excluding carboxylic acids is 1. The Hall–Kier alpha value is -3.63. The Morgan fingerprint density at radius 1 is 1.26 bits per heavy atom. The van der Waals surface area contributed by atoms with Crippen LogP contribution in [0, 0.1) is 0 Å². The monoisotopic (exact) mass is 477 g/mol. The summed E-state index contributed by atoms with van der Waals surface area (Å²) in [5.74, 6) is -0.0519. The molecule has 3 heterocycles. The van der Waals surface area contributed by atoms with Gasteiger partial charge >= 0.3 is 0 Å². The number of aromatic nitrogens is 3. The number of ketones is 1. The first kappa shape index (κ1) is 23.1. The molecule has 1 aliphatic carbocycles. The van der Waals surface area contributed by atoms with Crippen molar-refractivity contribution in [1.82, 2.24) is 30.2 Å². The van der Waals surface area contributed by atoms with E-state index < -0.39 is 0 Å². The quantitative estimate of drug-likeness (QED) is 0.589. The van der Waals surface area contributed by atoms with Crippen molar-refractivity contribution in [3.8, 4) is 0 Å². The second kappa shape index (κ2) is 9.55. The molecule has 5 rings (SSSR count). The Bertz CT molecular complexity index is 1240. The summed E-state index contributed by atoms with van der Waals surface area (Å²) in [5, 5.41) is 21.2. The molecule has 10 heteroatoms. The van der Waals surface area contributed by atoms with Gasteiger partial charge in [-0.15, -0.1) is 5.10 Å². The summed E-state index contributed by atoms with van der Waals surface area (Å²) in [7, 11) is 4.06. The maximum atomic E-state index is 14.7. The molecule has 0 amide bonds. The molecule has 2 atom stereocenters. The van der Waals surface area contributed by atoms with Crippen molar-refractivity contribution in [2.75, 3.05) is 27.2 Å². The Kier molecular flexibility index (Phi) is 6.31. The Morgan fingerprint density at radius 3 is 2.80 bits per heavy atom. The Morgan fingerprint density at radius 2 is 2.06 bits per heavy atom. The second-order valence-electron chi connectivity index (χ2n) is 9.17. The van der Waals surface area contributed by atoms with Gasteiger partial charge in [0.25, 0.3) is 0 Å². The Balaban J connectivity index is 1.65. The number of nitrogens with one attached hydrogen (secondary N) is 1. The zero-order valence-electron chi connectivity index (χ0n) is 19.7. The first-order valence-electron chi connectivity index (χ1n) is 11.6. The number of halogens is 1. The van der Waals surface area contributed by atoms with Crippen molar-refractivity contribution in [3.05, 3.63) is 82.2 Å². The van der Waals surface area contributed by atoms with Gasteiger partial charge < -0.3 is 15.3 Å². The Labute approximate surface area is 202 Å². The number of aryl methyl sites for hydroxylation is 1. The van der Waals surface area contributed by atoms with E-state index in [0.717, 1.165) is 17.7 Å². The number of benzene rings is 1. The summed E-state index contributed by atoms with van der Waals surface area (Å²) in [4.78, 5) is 19.2. The van der Waals surface area contributed by atoms with Crippen LogP contribution in [0.3, 0.4) is 0 Å². The number of rotatable bonds is 7. The van der Waals surface area contributed by atoms with Gasteiger partial charge in [-0.25, -0.2) is 9.67 Å². The fraction of sp³-hybridized carbons (Fsp3) is 0.360. The largest absolute Gasteiger partial charge is 0.396 e. The summed E-state index contributed by atoms with van der Waals surface area (Å²) in [5.41, 5.74) is 4.45. The van der Waals surface area contributed by atoms with Gasteiger partial charge in [-0.1, -0.05) is 40.1 Å². The van der Waals surface area contributed by atoms with Gasteiger partial charge in [0.1, 0.15) is 17.8 Å². The van der Waals surface area contributed by atoms with Gasteiger partial charge in [-0.3, -0.25) is 4.79 Å². The molecule has 1 aromatic heterocycles. The number of hydrogen-bond donors (Lipinski definition) is 2. The van der Waals surface area contributed by atoms with Gasteiger partial charge in [-0.05, 0) is 31.6 Å². The molecule has 9 nitrogen and oxygen atoms in total. The van der Waals surface area contributed by atoms with E-state index in [0.29, 0.717) is 30.1 Å². The first-order valence-corrected chi connectivity index (χ1v) is 11.6. The first-order chi connectivity index (χ1) is 17.0. The lowest BCUT2D eigenvalue weighted by Gasteiger charge is -2.36. The maximum Gasteiger partial charge on any atom is 0.176 e. The van der Waals surface area contributed by atoms with Gasteiger partial charge in [0.05, 0.1) is 18.7 Å². The number of hydrazone groups is 1. The molecule has 35 heavy (non-hydrogen) atoms. The molecule has 0 saturated carbocycles. The lowest BCUT2D eigenvalue weighted by Crippen LogP contribution is -2.33. The molecule has 0 radical (unpaired) electrons. The zero-order chi connectivity index (χ0) is 24.5. The van der Waals surface area contributed by atoms with E-state index in [1.165, 1.54) is 24.2 Å². The zero-order valence-corrected chi connectivity index (χ0v) is 19.7. The molecule has 3 aliphatic rings. The van der Waals surface area contributed by atoms with Crippen LogP contribution in [0.15, 0.2) is 70.4 Å². The van der Waals surface area contributed by atoms with Crippen molar-refractivity contribution in [1.29, 1.82) is 0 Å². The van der Waals surface area contributed by atoms with Gasteiger partial charge in [0, 0.05) is 48.5 Å². The fourth-order valence-electron chi connectivity index (χ4n) is 4.93. The van der Waals surface area contributed by atoms with Crippen LogP contribution >= 0.6 is 0 Å². The van der Waals surface area contributed by atoms with E-state index in [1.54, 1.807) is 4.68 Å². The summed E-state index contributed by atoms with van der Waals surface area (Å²) in [6, 6.07) is 8.43. The highest BCUT2D eigenvalue weighted by atomic mass is 19.2. The molecule has 2 aliphatic heterocycles.